The second-order valence-corrected chi connectivity index (χ2v) is 6.77. The fourth-order valence-electron chi connectivity index (χ4n) is 2.34. The van der Waals surface area contributed by atoms with Crippen LogP contribution in [0.25, 0.3) is 0 Å². The van der Waals surface area contributed by atoms with Gasteiger partial charge < -0.3 is 9.64 Å². The summed E-state index contributed by atoms with van der Waals surface area (Å²) in [5.74, 6) is 1.80. The number of methoxy groups -OCH3 is 1. The molecule has 2 aromatic rings. The molecule has 0 saturated heterocycles. The van der Waals surface area contributed by atoms with E-state index in [1.165, 1.54) is 5.56 Å². The minimum atomic E-state index is -0.0742. The highest BCUT2D eigenvalue weighted by atomic mass is 32.2. The first kappa shape index (κ1) is 17.4. The lowest BCUT2D eigenvalue weighted by atomic mass is 10.2. The van der Waals surface area contributed by atoms with Gasteiger partial charge in [0.05, 0.1) is 12.4 Å². The lowest BCUT2D eigenvalue weighted by molar-refractivity contribution is -0.129. The van der Waals surface area contributed by atoms with Crippen LogP contribution in [0.5, 0.6) is 5.75 Å². The van der Waals surface area contributed by atoms with Gasteiger partial charge in [0.15, 0.2) is 0 Å². The third-order valence-electron chi connectivity index (χ3n) is 3.67. The molecule has 0 spiro atoms. The number of carbonyl (C=O) groups is 1. The van der Waals surface area contributed by atoms with Gasteiger partial charge in [-0.25, -0.2) is 0 Å². The molecule has 2 aromatic carbocycles. The molecular formula is C19H23NO2S. The van der Waals surface area contributed by atoms with Crippen LogP contribution in [-0.4, -0.2) is 30.2 Å². The summed E-state index contributed by atoms with van der Waals surface area (Å²) >= 11 is 1.66. The molecule has 0 aliphatic carbocycles. The number of hydrogen-bond acceptors (Lipinski definition) is 3. The Balaban J connectivity index is 1.91. The molecule has 0 unspecified atom stereocenters. The van der Waals surface area contributed by atoms with Crippen molar-refractivity contribution in [1.82, 2.24) is 4.90 Å². The Bertz CT molecular complexity index is 630. The molecule has 0 bridgehead atoms. The van der Waals surface area contributed by atoms with Gasteiger partial charge in [0.25, 0.3) is 0 Å². The zero-order valence-corrected chi connectivity index (χ0v) is 14.7. The van der Waals surface area contributed by atoms with Crippen LogP contribution in [0.1, 0.15) is 18.1 Å². The highest BCUT2D eigenvalue weighted by molar-refractivity contribution is 7.99. The third kappa shape index (κ3) is 5.03. The molecule has 1 atom stereocenters. The molecule has 4 heteroatoms. The van der Waals surface area contributed by atoms with Crippen LogP contribution in [0.2, 0.25) is 0 Å². The molecule has 0 heterocycles. The van der Waals surface area contributed by atoms with Gasteiger partial charge in [0.1, 0.15) is 5.75 Å². The van der Waals surface area contributed by atoms with Gasteiger partial charge in [-0.15, -0.1) is 11.8 Å². The van der Waals surface area contributed by atoms with E-state index in [9.17, 15) is 4.79 Å². The number of amides is 1. The van der Waals surface area contributed by atoms with E-state index in [4.69, 9.17) is 4.74 Å². The monoisotopic (exact) mass is 329 g/mol. The molecule has 0 aromatic heterocycles. The Kier molecular flexibility index (Phi) is 6.53. The second kappa shape index (κ2) is 8.63. The van der Waals surface area contributed by atoms with Crippen LogP contribution in [0.3, 0.4) is 0 Å². The zero-order valence-electron chi connectivity index (χ0n) is 13.9. The predicted octanol–water partition coefficient (Wildman–Crippen LogP) is 3.98. The SMILES string of the molecule is COc1ccccc1CN(C)C(=O)[C@H](C)SCc1ccccc1. The molecule has 0 N–H and O–H groups in total. The summed E-state index contributed by atoms with van der Waals surface area (Å²) in [7, 11) is 3.49. The van der Waals surface area contributed by atoms with E-state index < -0.39 is 0 Å². The number of nitrogens with zero attached hydrogens (tertiary/aromatic N) is 1. The highest BCUT2D eigenvalue weighted by Crippen LogP contribution is 2.22. The van der Waals surface area contributed by atoms with Gasteiger partial charge in [0, 0.05) is 24.9 Å². The van der Waals surface area contributed by atoms with Gasteiger partial charge in [0.2, 0.25) is 5.91 Å². The van der Waals surface area contributed by atoms with E-state index in [0.717, 1.165) is 17.1 Å². The van der Waals surface area contributed by atoms with Gasteiger partial charge in [-0.3, -0.25) is 4.79 Å². The van der Waals surface area contributed by atoms with Gasteiger partial charge in [-0.2, -0.15) is 0 Å². The molecule has 0 aliphatic heterocycles. The Hall–Kier alpha value is -1.94. The van der Waals surface area contributed by atoms with Crippen LogP contribution in [0.15, 0.2) is 54.6 Å². The Morgan fingerprint density at radius 3 is 2.48 bits per heavy atom. The first-order chi connectivity index (χ1) is 11.1. The summed E-state index contributed by atoms with van der Waals surface area (Å²) in [4.78, 5) is 14.3. The number of ether oxygens (including phenoxy) is 1. The standard InChI is InChI=1S/C19H23NO2S/c1-15(23-14-16-9-5-4-6-10-16)19(21)20(2)13-17-11-7-8-12-18(17)22-3/h4-12,15H,13-14H2,1-3H3/t15-/m0/s1. The van der Waals surface area contributed by atoms with E-state index in [-0.39, 0.29) is 11.2 Å². The predicted molar refractivity (Wildman–Crippen MR) is 96.7 cm³/mol. The van der Waals surface area contributed by atoms with Crippen LogP contribution >= 0.6 is 11.8 Å². The molecule has 0 aliphatic rings. The van der Waals surface area contributed by atoms with Crippen LogP contribution in [0, 0.1) is 0 Å². The van der Waals surface area contributed by atoms with Crippen molar-refractivity contribution in [2.75, 3.05) is 14.2 Å². The van der Waals surface area contributed by atoms with Crippen molar-refractivity contribution < 1.29 is 9.53 Å². The summed E-state index contributed by atoms with van der Waals surface area (Å²) in [6.45, 7) is 2.52. The number of rotatable bonds is 7. The molecule has 23 heavy (non-hydrogen) atoms. The summed E-state index contributed by atoms with van der Waals surface area (Å²) in [6.07, 6.45) is 0. The number of thioether (sulfide) groups is 1. The lowest BCUT2D eigenvalue weighted by Crippen LogP contribution is -2.33. The van der Waals surface area contributed by atoms with Crippen molar-refractivity contribution in [1.29, 1.82) is 0 Å². The Morgan fingerprint density at radius 2 is 1.78 bits per heavy atom. The zero-order chi connectivity index (χ0) is 16.7. The van der Waals surface area contributed by atoms with Crippen molar-refractivity contribution in [2.24, 2.45) is 0 Å². The molecule has 1 amide bonds. The van der Waals surface area contributed by atoms with Gasteiger partial charge in [-0.1, -0.05) is 48.5 Å². The third-order valence-corrected chi connectivity index (χ3v) is 4.87. The van der Waals surface area contributed by atoms with E-state index in [2.05, 4.69) is 12.1 Å². The number of para-hydroxylation sites is 1. The van der Waals surface area contributed by atoms with Crippen molar-refractivity contribution in [3.05, 3.63) is 65.7 Å². The summed E-state index contributed by atoms with van der Waals surface area (Å²) in [5.41, 5.74) is 2.26. The maximum atomic E-state index is 12.5. The molecule has 0 fully saturated rings. The van der Waals surface area contributed by atoms with E-state index in [1.54, 1.807) is 23.8 Å². The maximum absolute atomic E-state index is 12.5. The highest BCUT2D eigenvalue weighted by Gasteiger charge is 2.19. The maximum Gasteiger partial charge on any atom is 0.235 e. The van der Waals surface area contributed by atoms with E-state index in [0.29, 0.717) is 6.54 Å². The van der Waals surface area contributed by atoms with Crippen molar-refractivity contribution in [3.63, 3.8) is 0 Å². The van der Waals surface area contributed by atoms with Crippen molar-refractivity contribution >= 4 is 17.7 Å². The van der Waals surface area contributed by atoms with Crippen LogP contribution in [0.4, 0.5) is 0 Å². The van der Waals surface area contributed by atoms with Crippen LogP contribution < -0.4 is 4.74 Å². The average molecular weight is 329 g/mol. The average Bonchev–Trinajstić information content (AvgIpc) is 2.60. The normalized spacial score (nSPS) is 11.8. The van der Waals surface area contributed by atoms with Gasteiger partial charge >= 0.3 is 0 Å². The van der Waals surface area contributed by atoms with Gasteiger partial charge in [-0.05, 0) is 18.6 Å². The fourth-order valence-corrected chi connectivity index (χ4v) is 3.30. The first-order valence-electron chi connectivity index (χ1n) is 7.64. The van der Waals surface area contributed by atoms with E-state index >= 15 is 0 Å². The first-order valence-corrected chi connectivity index (χ1v) is 8.69. The topological polar surface area (TPSA) is 29.5 Å². The Morgan fingerprint density at radius 1 is 1.13 bits per heavy atom. The van der Waals surface area contributed by atoms with Crippen molar-refractivity contribution in [2.45, 2.75) is 24.5 Å². The fraction of sp³-hybridized carbons (Fsp3) is 0.316. The van der Waals surface area contributed by atoms with Crippen molar-refractivity contribution in [3.8, 4) is 5.75 Å². The van der Waals surface area contributed by atoms with Crippen LogP contribution in [-0.2, 0) is 17.1 Å². The molecular weight excluding hydrogens is 306 g/mol. The molecule has 0 saturated carbocycles. The molecule has 0 radical (unpaired) electrons. The Labute approximate surface area is 142 Å². The molecule has 122 valence electrons. The smallest absolute Gasteiger partial charge is 0.235 e. The number of carbonyl (C=O) groups excluding carboxylic acids is 1. The molecule has 3 nitrogen and oxygen atoms in total. The summed E-state index contributed by atoms with van der Waals surface area (Å²) in [6, 6.07) is 18.0. The minimum absolute atomic E-state index is 0.0742. The quantitative estimate of drug-likeness (QED) is 0.769. The van der Waals surface area contributed by atoms with E-state index in [1.807, 2.05) is 56.4 Å². The number of hydrogen-bond donors (Lipinski definition) is 0. The minimum Gasteiger partial charge on any atom is -0.496 e. The second-order valence-electron chi connectivity index (χ2n) is 5.44. The summed E-state index contributed by atoms with van der Waals surface area (Å²) < 4.78 is 5.35. The summed E-state index contributed by atoms with van der Waals surface area (Å²) in [5, 5.41) is -0.0742. The lowest BCUT2D eigenvalue weighted by Gasteiger charge is -2.22. The largest absolute Gasteiger partial charge is 0.496 e. The molecule has 2 rings (SSSR count). The number of benzene rings is 2.